The van der Waals surface area contributed by atoms with Crippen LogP contribution in [-0.2, 0) is 0 Å². The first kappa shape index (κ1) is 11.1. The predicted molar refractivity (Wildman–Crippen MR) is 61.8 cm³/mol. The van der Waals surface area contributed by atoms with Gasteiger partial charge in [-0.25, -0.2) is 0 Å². The van der Waals surface area contributed by atoms with Gasteiger partial charge in [0, 0.05) is 10.6 Å². The number of thiol groups is 1. The van der Waals surface area contributed by atoms with E-state index in [-0.39, 0.29) is 5.41 Å². The molecule has 13 heavy (non-hydrogen) atoms. The average Bonchev–Trinajstić information content (AvgIpc) is 2.48. The van der Waals surface area contributed by atoms with Crippen molar-refractivity contribution in [3.63, 3.8) is 0 Å². The molecule has 1 nitrogen and oxygen atoms in total. The lowest BCUT2D eigenvalue weighted by Crippen LogP contribution is -2.16. The Bertz CT molecular complexity index is 266. The zero-order valence-electron chi connectivity index (χ0n) is 8.33. The van der Waals surface area contributed by atoms with Crippen LogP contribution in [0.25, 0.3) is 0 Å². The van der Waals surface area contributed by atoms with Gasteiger partial charge in [-0.2, -0.15) is 12.6 Å². The van der Waals surface area contributed by atoms with Crippen LogP contribution >= 0.6 is 24.4 Å². The summed E-state index contributed by atoms with van der Waals surface area (Å²) in [4.78, 5) is 1.25. The van der Waals surface area contributed by atoms with E-state index < -0.39 is 0 Å². The van der Waals surface area contributed by atoms with Crippen molar-refractivity contribution in [2.24, 2.45) is 5.41 Å². The van der Waals surface area contributed by atoms with Crippen LogP contribution in [0.1, 0.15) is 19.6 Å². The van der Waals surface area contributed by atoms with Gasteiger partial charge in [-0.1, -0.05) is 13.8 Å². The molecule has 0 aliphatic carbocycles. The third-order valence-corrected chi connectivity index (χ3v) is 4.37. The van der Waals surface area contributed by atoms with E-state index in [1.165, 1.54) is 4.90 Å². The summed E-state index contributed by atoms with van der Waals surface area (Å²) in [6.45, 7) is 6.45. The molecule has 1 aromatic rings. The van der Waals surface area contributed by atoms with Gasteiger partial charge in [0.2, 0.25) is 0 Å². The maximum Gasteiger partial charge on any atom is 0.114 e. The summed E-state index contributed by atoms with van der Waals surface area (Å²) in [6, 6.07) is 2.02. The Kier molecular flexibility index (Phi) is 3.80. The van der Waals surface area contributed by atoms with Gasteiger partial charge < -0.3 is 4.42 Å². The van der Waals surface area contributed by atoms with Crippen LogP contribution in [-0.4, -0.2) is 11.5 Å². The van der Waals surface area contributed by atoms with Crippen LogP contribution < -0.4 is 0 Å². The zero-order valence-corrected chi connectivity index (χ0v) is 10.0. The lowest BCUT2D eigenvalue weighted by Gasteiger charge is -2.20. The van der Waals surface area contributed by atoms with Crippen LogP contribution in [0, 0.1) is 12.3 Å². The Morgan fingerprint density at radius 3 is 2.69 bits per heavy atom. The SMILES string of the molecule is Cc1occc1SCC(C)(C)CS. The van der Waals surface area contributed by atoms with Gasteiger partial charge >= 0.3 is 0 Å². The molecular formula is C10H16OS2. The molecule has 3 heteroatoms. The number of aryl methyl sites for hydroxylation is 1. The van der Waals surface area contributed by atoms with E-state index in [1.54, 1.807) is 6.26 Å². The zero-order chi connectivity index (χ0) is 9.90. The molecule has 1 aromatic heterocycles. The minimum absolute atomic E-state index is 0.289. The smallest absolute Gasteiger partial charge is 0.114 e. The Hall–Kier alpha value is -0.0200. The van der Waals surface area contributed by atoms with Gasteiger partial charge in [0.15, 0.2) is 0 Å². The predicted octanol–water partition coefficient (Wildman–Crippen LogP) is 3.64. The molecule has 0 saturated carbocycles. The molecule has 0 spiro atoms. The minimum Gasteiger partial charge on any atom is -0.468 e. The van der Waals surface area contributed by atoms with E-state index >= 15 is 0 Å². The second kappa shape index (κ2) is 4.47. The number of rotatable bonds is 4. The topological polar surface area (TPSA) is 13.1 Å². The van der Waals surface area contributed by atoms with Gasteiger partial charge in [-0.15, -0.1) is 11.8 Å². The van der Waals surface area contributed by atoms with Crippen molar-refractivity contribution in [3.8, 4) is 0 Å². The quantitative estimate of drug-likeness (QED) is 0.610. The number of hydrogen-bond acceptors (Lipinski definition) is 3. The first-order valence-electron chi connectivity index (χ1n) is 4.33. The molecular weight excluding hydrogens is 200 g/mol. The standard InChI is InChI=1S/C10H16OS2/c1-8-9(4-5-11-8)13-7-10(2,3)6-12/h4-5,12H,6-7H2,1-3H3. The second-order valence-electron chi connectivity index (χ2n) is 3.95. The van der Waals surface area contributed by atoms with E-state index in [9.17, 15) is 0 Å². The molecule has 0 amide bonds. The fraction of sp³-hybridized carbons (Fsp3) is 0.600. The fourth-order valence-electron chi connectivity index (χ4n) is 0.842. The second-order valence-corrected chi connectivity index (χ2v) is 5.29. The Morgan fingerprint density at radius 2 is 2.23 bits per heavy atom. The molecule has 0 aliphatic heterocycles. The molecule has 1 rings (SSSR count). The molecule has 0 unspecified atom stereocenters. The number of hydrogen-bond donors (Lipinski definition) is 1. The summed E-state index contributed by atoms with van der Waals surface area (Å²) in [5, 5.41) is 0. The van der Waals surface area contributed by atoms with E-state index in [1.807, 2.05) is 24.8 Å². The summed E-state index contributed by atoms with van der Waals surface area (Å²) in [6.07, 6.45) is 1.74. The highest BCUT2D eigenvalue weighted by Crippen LogP contribution is 2.30. The third kappa shape index (κ3) is 3.31. The van der Waals surface area contributed by atoms with Crippen LogP contribution in [0.4, 0.5) is 0 Å². The molecule has 0 radical (unpaired) electrons. The molecule has 74 valence electrons. The Balaban J connectivity index is 2.48. The largest absolute Gasteiger partial charge is 0.468 e. The van der Waals surface area contributed by atoms with Crippen LogP contribution in [0.15, 0.2) is 21.6 Å². The summed E-state index contributed by atoms with van der Waals surface area (Å²) >= 11 is 6.16. The van der Waals surface area contributed by atoms with E-state index in [0.717, 1.165) is 17.3 Å². The van der Waals surface area contributed by atoms with Crippen molar-refractivity contribution in [1.82, 2.24) is 0 Å². The van der Waals surface area contributed by atoms with Crippen molar-refractivity contribution in [2.75, 3.05) is 11.5 Å². The normalized spacial score (nSPS) is 12.0. The molecule has 0 aliphatic rings. The first-order valence-corrected chi connectivity index (χ1v) is 5.95. The van der Waals surface area contributed by atoms with Gasteiger partial charge in [-0.3, -0.25) is 0 Å². The lowest BCUT2D eigenvalue weighted by molar-refractivity contribution is 0.493. The highest BCUT2D eigenvalue weighted by molar-refractivity contribution is 7.99. The van der Waals surface area contributed by atoms with Crippen molar-refractivity contribution in [1.29, 1.82) is 0 Å². The fourth-order valence-corrected chi connectivity index (χ4v) is 2.16. The maximum atomic E-state index is 5.22. The van der Waals surface area contributed by atoms with E-state index in [0.29, 0.717) is 0 Å². The molecule has 0 bridgehead atoms. The molecule has 0 aromatic carbocycles. The van der Waals surface area contributed by atoms with Gasteiger partial charge in [-0.05, 0) is 24.2 Å². The summed E-state index contributed by atoms with van der Waals surface area (Å²) < 4.78 is 5.22. The monoisotopic (exact) mass is 216 g/mol. The van der Waals surface area contributed by atoms with Crippen LogP contribution in [0.2, 0.25) is 0 Å². The van der Waals surface area contributed by atoms with E-state index in [4.69, 9.17) is 4.42 Å². The Morgan fingerprint density at radius 1 is 1.54 bits per heavy atom. The third-order valence-electron chi connectivity index (χ3n) is 1.86. The maximum absolute atomic E-state index is 5.22. The molecule has 0 saturated heterocycles. The Labute approximate surface area is 89.7 Å². The van der Waals surface area contributed by atoms with Crippen molar-refractivity contribution >= 4 is 24.4 Å². The van der Waals surface area contributed by atoms with Crippen molar-refractivity contribution in [3.05, 3.63) is 18.1 Å². The van der Waals surface area contributed by atoms with Gasteiger partial charge in [0.1, 0.15) is 5.76 Å². The lowest BCUT2D eigenvalue weighted by atomic mass is 10.0. The minimum atomic E-state index is 0.289. The highest BCUT2D eigenvalue weighted by Gasteiger charge is 2.16. The van der Waals surface area contributed by atoms with Gasteiger partial charge in [0.25, 0.3) is 0 Å². The van der Waals surface area contributed by atoms with Crippen LogP contribution in [0.5, 0.6) is 0 Å². The average molecular weight is 216 g/mol. The van der Waals surface area contributed by atoms with Gasteiger partial charge in [0.05, 0.1) is 6.26 Å². The molecule has 1 heterocycles. The van der Waals surface area contributed by atoms with E-state index in [2.05, 4.69) is 26.5 Å². The molecule has 0 N–H and O–H groups in total. The summed E-state index contributed by atoms with van der Waals surface area (Å²) in [7, 11) is 0. The number of furan rings is 1. The molecule has 0 fully saturated rings. The van der Waals surface area contributed by atoms with Crippen molar-refractivity contribution in [2.45, 2.75) is 25.7 Å². The summed E-state index contributed by atoms with van der Waals surface area (Å²) in [5.74, 6) is 3.01. The molecule has 0 atom stereocenters. The first-order chi connectivity index (χ1) is 6.05. The van der Waals surface area contributed by atoms with Crippen LogP contribution in [0.3, 0.4) is 0 Å². The van der Waals surface area contributed by atoms with Crippen molar-refractivity contribution < 1.29 is 4.42 Å². The summed E-state index contributed by atoms with van der Waals surface area (Å²) in [5.41, 5.74) is 0.289. The highest BCUT2D eigenvalue weighted by atomic mass is 32.2. The number of thioether (sulfide) groups is 1.